The molecule has 0 saturated carbocycles. The molecule has 0 amide bonds. The molecular formula is C12H18IN. The minimum atomic E-state index is 1.10. The van der Waals surface area contributed by atoms with E-state index < -0.39 is 0 Å². The van der Waals surface area contributed by atoms with Crippen molar-refractivity contribution in [3.8, 4) is 0 Å². The van der Waals surface area contributed by atoms with Crippen molar-refractivity contribution in [3.63, 3.8) is 0 Å². The lowest BCUT2D eigenvalue weighted by molar-refractivity contribution is 0.644. The first-order chi connectivity index (χ1) is 6.93. The van der Waals surface area contributed by atoms with Gasteiger partial charge in [-0.25, -0.2) is 0 Å². The Morgan fingerprint density at radius 2 is 1.79 bits per heavy atom. The highest BCUT2D eigenvalue weighted by atomic mass is 127. The fourth-order valence-corrected chi connectivity index (χ4v) is 1.89. The number of unbranched alkanes of at least 4 members (excludes halogenated alkanes) is 1. The molecule has 1 aromatic rings. The van der Waals surface area contributed by atoms with Crippen molar-refractivity contribution < 1.29 is 0 Å². The SMILES string of the molecule is ICCCCNCCc1ccccc1. The van der Waals surface area contributed by atoms with E-state index in [9.17, 15) is 0 Å². The van der Waals surface area contributed by atoms with E-state index in [1.807, 2.05) is 0 Å². The van der Waals surface area contributed by atoms with Crippen LogP contribution in [0.25, 0.3) is 0 Å². The molecule has 0 aliphatic heterocycles. The molecule has 0 radical (unpaired) electrons. The summed E-state index contributed by atoms with van der Waals surface area (Å²) in [6.07, 6.45) is 3.78. The molecule has 0 fully saturated rings. The Kier molecular flexibility index (Phi) is 7.05. The van der Waals surface area contributed by atoms with Crippen molar-refractivity contribution in [2.75, 3.05) is 17.5 Å². The predicted molar refractivity (Wildman–Crippen MR) is 71.1 cm³/mol. The van der Waals surface area contributed by atoms with E-state index in [0.29, 0.717) is 0 Å². The predicted octanol–water partition coefficient (Wildman–Crippen LogP) is 3.03. The summed E-state index contributed by atoms with van der Waals surface area (Å²) in [7, 11) is 0. The smallest absolute Gasteiger partial charge is 0.000426 e. The molecule has 1 rings (SSSR count). The number of rotatable bonds is 7. The van der Waals surface area contributed by atoms with Crippen molar-refractivity contribution in [1.29, 1.82) is 0 Å². The van der Waals surface area contributed by atoms with Crippen LogP contribution in [0.5, 0.6) is 0 Å². The highest BCUT2D eigenvalue weighted by molar-refractivity contribution is 14.1. The van der Waals surface area contributed by atoms with Gasteiger partial charge in [0.2, 0.25) is 0 Å². The van der Waals surface area contributed by atoms with Gasteiger partial charge in [-0.15, -0.1) is 0 Å². The number of hydrogen-bond acceptors (Lipinski definition) is 1. The molecule has 0 aliphatic carbocycles. The first-order valence-corrected chi connectivity index (χ1v) is 6.76. The first-order valence-electron chi connectivity index (χ1n) is 5.24. The molecule has 0 bridgehead atoms. The van der Waals surface area contributed by atoms with Crippen molar-refractivity contribution >= 4 is 22.6 Å². The van der Waals surface area contributed by atoms with E-state index in [4.69, 9.17) is 0 Å². The summed E-state index contributed by atoms with van der Waals surface area (Å²) in [5.41, 5.74) is 1.42. The Labute approximate surface area is 100 Å². The lowest BCUT2D eigenvalue weighted by atomic mass is 10.1. The summed E-state index contributed by atoms with van der Waals surface area (Å²) in [6, 6.07) is 10.6. The van der Waals surface area contributed by atoms with Crippen LogP contribution in [-0.4, -0.2) is 17.5 Å². The molecule has 0 aromatic heterocycles. The third kappa shape index (κ3) is 5.60. The number of benzene rings is 1. The van der Waals surface area contributed by atoms with Gasteiger partial charge in [0.1, 0.15) is 0 Å². The highest BCUT2D eigenvalue weighted by Gasteiger charge is 1.91. The maximum absolute atomic E-state index is 3.47. The van der Waals surface area contributed by atoms with Gasteiger partial charge in [-0.2, -0.15) is 0 Å². The van der Waals surface area contributed by atoms with Crippen molar-refractivity contribution in [1.82, 2.24) is 5.32 Å². The highest BCUT2D eigenvalue weighted by Crippen LogP contribution is 1.98. The summed E-state index contributed by atoms with van der Waals surface area (Å²) in [5, 5.41) is 3.47. The summed E-state index contributed by atoms with van der Waals surface area (Å²) >= 11 is 2.43. The van der Waals surface area contributed by atoms with E-state index in [2.05, 4.69) is 58.2 Å². The second kappa shape index (κ2) is 8.24. The molecule has 0 saturated heterocycles. The zero-order valence-electron chi connectivity index (χ0n) is 8.51. The third-order valence-electron chi connectivity index (χ3n) is 2.17. The molecule has 0 atom stereocenters. The Balaban J connectivity index is 1.99. The fourth-order valence-electron chi connectivity index (χ4n) is 1.35. The molecule has 0 heterocycles. The fraction of sp³-hybridized carbons (Fsp3) is 0.500. The van der Waals surface area contributed by atoms with Crippen LogP contribution in [0, 0.1) is 0 Å². The Morgan fingerprint density at radius 3 is 2.50 bits per heavy atom. The maximum atomic E-state index is 3.47. The van der Waals surface area contributed by atoms with Gasteiger partial charge >= 0.3 is 0 Å². The summed E-state index contributed by atoms with van der Waals surface area (Å²) in [5.74, 6) is 0. The van der Waals surface area contributed by atoms with Crippen LogP contribution < -0.4 is 5.32 Å². The van der Waals surface area contributed by atoms with E-state index in [-0.39, 0.29) is 0 Å². The minimum absolute atomic E-state index is 1.10. The van der Waals surface area contributed by atoms with Gasteiger partial charge < -0.3 is 5.32 Å². The van der Waals surface area contributed by atoms with Gasteiger partial charge in [-0.1, -0.05) is 52.9 Å². The Morgan fingerprint density at radius 1 is 1.00 bits per heavy atom. The topological polar surface area (TPSA) is 12.0 Å². The Bertz CT molecular complexity index is 223. The second-order valence-corrected chi connectivity index (χ2v) is 4.46. The van der Waals surface area contributed by atoms with Gasteiger partial charge in [0, 0.05) is 0 Å². The average Bonchev–Trinajstić information content (AvgIpc) is 2.25. The summed E-state index contributed by atoms with van der Waals surface area (Å²) in [4.78, 5) is 0. The lowest BCUT2D eigenvalue weighted by Crippen LogP contribution is -2.18. The van der Waals surface area contributed by atoms with Gasteiger partial charge in [0.05, 0.1) is 0 Å². The normalized spacial score (nSPS) is 10.4. The first kappa shape index (κ1) is 12.0. The zero-order valence-corrected chi connectivity index (χ0v) is 10.7. The lowest BCUT2D eigenvalue weighted by Gasteiger charge is -2.03. The van der Waals surface area contributed by atoms with Gasteiger partial charge in [-0.3, -0.25) is 0 Å². The van der Waals surface area contributed by atoms with E-state index >= 15 is 0 Å². The van der Waals surface area contributed by atoms with Crippen molar-refractivity contribution in [3.05, 3.63) is 35.9 Å². The Hall–Kier alpha value is -0.0900. The molecule has 1 nitrogen and oxygen atoms in total. The van der Waals surface area contributed by atoms with E-state index in [1.165, 1.54) is 22.8 Å². The minimum Gasteiger partial charge on any atom is -0.316 e. The maximum Gasteiger partial charge on any atom is -0.000426 e. The molecule has 78 valence electrons. The summed E-state index contributed by atoms with van der Waals surface area (Å²) < 4.78 is 1.28. The van der Waals surface area contributed by atoms with Crippen LogP contribution in [0.4, 0.5) is 0 Å². The van der Waals surface area contributed by atoms with Crippen molar-refractivity contribution in [2.24, 2.45) is 0 Å². The van der Waals surface area contributed by atoms with Gasteiger partial charge in [-0.05, 0) is 42.3 Å². The number of alkyl halides is 1. The molecule has 0 spiro atoms. The van der Waals surface area contributed by atoms with Crippen LogP contribution in [0.3, 0.4) is 0 Å². The van der Waals surface area contributed by atoms with Crippen LogP contribution >= 0.6 is 22.6 Å². The van der Waals surface area contributed by atoms with E-state index in [1.54, 1.807) is 0 Å². The summed E-state index contributed by atoms with van der Waals surface area (Å²) in [6.45, 7) is 2.26. The van der Waals surface area contributed by atoms with Crippen LogP contribution in [-0.2, 0) is 6.42 Å². The molecular weight excluding hydrogens is 285 g/mol. The molecule has 14 heavy (non-hydrogen) atoms. The van der Waals surface area contributed by atoms with Crippen molar-refractivity contribution in [2.45, 2.75) is 19.3 Å². The molecule has 1 aromatic carbocycles. The average molecular weight is 303 g/mol. The number of hydrogen-bond donors (Lipinski definition) is 1. The van der Waals surface area contributed by atoms with Crippen LogP contribution in [0.2, 0.25) is 0 Å². The van der Waals surface area contributed by atoms with Crippen LogP contribution in [0.1, 0.15) is 18.4 Å². The largest absolute Gasteiger partial charge is 0.316 e. The van der Waals surface area contributed by atoms with Gasteiger partial charge in [0.25, 0.3) is 0 Å². The number of nitrogens with one attached hydrogen (secondary N) is 1. The monoisotopic (exact) mass is 303 g/mol. The van der Waals surface area contributed by atoms with E-state index in [0.717, 1.165) is 19.5 Å². The third-order valence-corrected chi connectivity index (χ3v) is 2.93. The zero-order chi connectivity index (χ0) is 10.1. The second-order valence-electron chi connectivity index (χ2n) is 3.38. The molecule has 2 heteroatoms. The molecule has 0 aliphatic rings. The molecule has 1 N–H and O–H groups in total. The van der Waals surface area contributed by atoms with Crippen LogP contribution in [0.15, 0.2) is 30.3 Å². The van der Waals surface area contributed by atoms with Gasteiger partial charge in [0.15, 0.2) is 0 Å². The standard InChI is InChI=1S/C12H18IN/c13-9-4-5-10-14-11-8-12-6-2-1-3-7-12/h1-3,6-7,14H,4-5,8-11H2. The quantitative estimate of drug-likeness (QED) is 0.464. The molecule has 0 unspecified atom stereocenters. The number of halogens is 1.